The average molecular weight is 269 g/mol. The number of hydrogen-bond donors (Lipinski definition) is 0. The molecule has 0 bridgehead atoms. The Morgan fingerprint density at radius 1 is 1.00 bits per heavy atom. The molecule has 0 aliphatic rings. The van der Waals surface area contributed by atoms with Gasteiger partial charge in [0.25, 0.3) is 0 Å². The Labute approximate surface area is 109 Å². The van der Waals surface area contributed by atoms with Gasteiger partial charge in [-0.15, -0.1) is 0 Å². The minimum Gasteiger partial charge on any atom is -0.497 e. The summed E-state index contributed by atoms with van der Waals surface area (Å²) in [7, 11) is 1.62. The van der Waals surface area contributed by atoms with Crippen molar-refractivity contribution in [3.8, 4) is 5.75 Å². The highest BCUT2D eigenvalue weighted by Crippen LogP contribution is 2.16. The van der Waals surface area contributed by atoms with Crippen LogP contribution in [0, 0.1) is 6.42 Å². The minimum absolute atomic E-state index is 0.0739. The van der Waals surface area contributed by atoms with Gasteiger partial charge in [-0.2, -0.15) is 4.98 Å². The molecule has 87 valence electrons. The summed E-state index contributed by atoms with van der Waals surface area (Å²) in [5, 5.41) is 0.148. The number of nitrogens with zero attached hydrogens (tertiary/aromatic N) is 3. The molecule has 0 amide bonds. The number of methoxy groups -OCH3 is 1. The summed E-state index contributed by atoms with van der Waals surface area (Å²) in [5.74, 6) is 1.20. The number of halogens is 2. The molecule has 0 atom stereocenters. The van der Waals surface area contributed by atoms with Gasteiger partial charge in [0, 0.05) is 0 Å². The first-order valence-electron chi connectivity index (χ1n) is 4.73. The van der Waals surface area contributed by atoms with Crippen molar-refractivity contribution in [2.75, 3.05) is 7.11 Å². The first-order valence-corrected chi connectivity index (χ1v) is 5.49. The molecule has 1 aromatic carbocycles. The third kappa shape index (κ3) is 3.28. The first-order chi connectivity index (χ1) is 8.17. The predicted octanol–water partition coefficient (Wildman–Crippen LogP) is 2.79. The van der Waals surface area contributed by atoms with Crippen molar-refractivity contribution in [2.24, 2.45) is 0 Å². The van der Waals surface area contributed by atoms with Crippen molar-refractivity contribution in [1.29, 1.82) is 0 Å². The highest BCUT2D eigenvalue weighted by Gasteiger charge is 2.05. The standard InChI is InChI=1S/C11H8Cl2N3O/c1-17-8-4-2-7(3-5-8)6-9-14-10(12)16-11(13)15-9/h2-6H,1H3. The quantitative estimate of drug-likeness (QED) is 0.859. The molecule has 1 heterocycles. The summed E-state index contributed by atoms with van der Waals surface area (Å²) in [6, 6.07) is 7.45. The molecule has 0 N–H and O–H groups in total. The van der Waals surface area contributed by atoms with Crippen molar-refractivity contribution >= 4 is 23.2 Å². The van der Waals surface area contributed by atoms with Gasteiger partial charge in [0.1, 0.15) is 11.6 Å². The number of aromatic nitrogens is 3. The van der Waals surface area contributed by atoms with E-state index in [1.807, 2.05) is 24.3 Å². The summed E-state index contributed by atoms with van der Waals surface area (Å²) in [6.45, 7) is 0. The van der Waals surface area contributed by atoms with Crippen molar-refractivity contribution in [3.63, 3.8) is 0 Å². The Kier molecular flexibility index (Phi) is 3.76. The van der Waals surface area contributed by atoms with E-state index >= 15 is 0 Å². The molecule has 4 nitrogen and oxygen atoms in total. The Balaban J connectivity index is 2.19. The second-order valence-electron chi connectivity index (χ2n) is 3.15. The topological polar surface area (TPSA) is 47.9 Å². The smallest absolute Gasteiger partial charge is 0.226 e. The molecular weight excluding hydrogens is 261 g/mol. The zero-order chi connectivity index (χ0) is 12.3. The molecule has 0 fully saturated rings. The molecule has 0 spiro atoms. The van der Waals surface area contributed by atoms with Crippen molar-refractivity contribution < 1.29 is 4.74 Å². The SMILES string of the molecule is COc1ccc([CH]c2nc(Cl)nc(Cl)n2)cc1. The van der Waals surface area contributed by atoms with E-state index in [9.17, 15) is 0 Å². The number of hydrogen-bond acceptors (Lipinski definition) is 4. The number of rotatable bonds is 3. The van der Waals surface area contributed by atoms with E-state index in [4.69, 9.17) is 27.9 Å². The van der Waals surface area contributed by atoms with Gasteiger partial charge in [-0.05, 0) is 40.9 Å². The lowest BCUT2D eigenvalue weighted by molar-refractivity contribution is 0.414. The molecule has 0 saturated carbocycles. The molecule has 0 aliphatic carbocycles. The molecule has 1 aromatic heterocycles. The molecular formula is C11H8Cl2N3O. The lowest BCUT2D eigenvalue weighted by atomic mass is 10.1. The monoisotopic (exact) mass is 268 g/mol. The van der Waals surface area contributed by atoms with Gasteiger partial charge in [0.2, 0.25) is 10.6 Å². The second kappa shape index (κ2) is 5.29. The van der Waals surface area contributed by atoms with E-state index in [0.29, 0.717) is 5.82 Å². The fourth-order valence-corrected chi connectivity index (χ4v) is 1.63. The van der Waals surface area contributed by atoms with Crippen molar-refractivity contribution in [3.05, 3.63) is 52.6 Å². The Hall–Kier alpha value is -1.39. The minimum atomic E-state index is 0.0739. The zero-order valence-electron chi connectivity index (χ0n) is 8.89. The van der Waals surface area contributed by atoms with Gasteiger partial charge in [0.15, 0.2) is 0 Å². The summed E-state index contributed by atoms with van der Waals surface area (Å²) in [5.41, 5.74) is 0.920. The fraction of sp³-hybridized carbons (Fsp3) is 0.0909. The van der Waals surface area contributed by atoms with Crippen LogP contribution in [0.2, 0.25) is 10.6 Å². The van der Waals surface area contributed by atoms with Crippen LogP contribution < -0.4 is 4.74 Å². The third-order valence-electron chi connectivity index (χ3n) is 2.01. The van der Waals surface area contributed by atoms with E-state index in [-0.39, 0.29) is 10.6 Å². The molecule has 6 heteroatoms. The summed E-state index contributed by atoms with van der Waals surface area (Å²) >= 11 is 11.4. The third-order valence-corrected chi connectivity index (χ3v) is 2.35. The maximum Gasteiger partial charge on any atom is 0.226 e. The van der Waals surface area contributed by atoms with Crippen LogP contribution in [0.1, 0.15) is 11.4 Å². The van der Waals surface area contributed by atoms with Gasteiger partial charge in [0.05, 0.1) is 13.5 Å². The van der Waals surface area contributed by atoms with Crippen molar-refractivity contribution in [2.45, 2.75) is 0 Å². The summed E-state index contributed by atoms with van der Waals surface area (Å²) in [4.78, 5) is 11.6. The van der Waals surface area contributed by atoms with Crippen LogP contribution >= 0.6 is 23.2 Å². The van der Waals surface area contributed by atoms with Crippen LogP contribution in [0.5, 0.6) is 5.75 Å². The molecule has 0 unspecified atom stereocenters. The molecule has 17 heavy (non-hydrogen) atoms. The normalized spacial score (nSPS) is 10.3. The van der Waals surface area contributed by atoms with E-state index in [1.54, 1.807) is 13.5 Å². The number of benzene rings is 1. The molecule has 0 aliphatic heterocycles. The van der Waals surface area contributed by atoms with E-state index in [0.717, 1.165) is 11.3 Å². The zero-order valence-corrected chi connectivity index (χ0v) is 10.4. The second-order valence-corrected chi connectivity index (χ2v) is 3.83. The summed E-state index contributed by atoms with van der Waals surface area (Å²) in [6.07, 6.45) is 1.75. The largest absolute Gasteiger partial charge is 0.497 e. The van der Waals surface area contributed by atoms with Gasteiger partial charge in [-0.25, -0.2) is 9.97 Å². The van der Waals surface area contributed by atoms with Crippen LogP contribution in [0.25, 0.3) is 0 Å². The fourth-order valence-electron chi connectivity index (χ4n) is 1.25. The van der Waals surface area contributed by atoms with Gasteiger partial charge in [-0.1, -0.05) is 12.1 Å². The van der Waals surface area contributed by atoms with E-state index in [2.05, 4.69) is 15.0 Å². The van der Waals surface area contributed by atoms with Crippen LogP contribution in [-0.4, -0.2) is 22.1 Å². The highest BCUT2D eigenvalue weighted by atomic mass is 35.5. The van der Waals surface area contributed by atoms with E-state index < -0.39 is 0 Å². The van der Waals surface area contributed by atoms with Gasteiger partial charge in [-0.3, -0.25) is 0 Å². The predicted molar refractivity (Wildman–Crippen MR) is 65.3 cm³/mol. The lowest BCUT2D eigenvalue weighted by Gasteiger charge is -2.02. The van der Waals surface area contributed by atoms with Crippen LogP contribution in [0.3, 0.4) is 0 Å². The van der Waals surface area contributed by atoms with Crippen molar-refractivity contribution in [1.82, 2.24) is 15.0 Å². The average Bonchev–Trinajstić information content (AvgIpc) is 2.28. The van der Waals surface area contributed by atoms with Crippen LogP contribution in [0.15, 0.2) is 24.3 Å². The Bertz CT molecular complexity index is 496. The molecule has 0 saturated heterocycles. The van der Waals surface area contributed by atoms with E-state index in [1.165, 1.54) is 0 Å². The number of ether oxygens (including phenoxy) is 1. The maximum atomic E-state index is 5.68. The summed E-state index contributed by atoms with van der Waals surface area (Å²) < 4.78 is 5.06. The maximum absolute atomic E-state index is 5.68. The molecule has 2 rings (SSSR count). The first kappa shape index (κ1) is 12.1. The molecule has 2 aromatic rings. The van der Waals surface area contributed by atoms with Crippen LogP contribution in [0.4, 0.5) is 0 Å². The lowest BCUT2D eigenvalue weighted by Crippen LogP contribution is -1.97. The van der Waals surface area contributed by atoms with Gasteiger partial charge >= 0.3 is 0 Å². The molecule has 1 radical (unpaired) electrons. The Morgan fingerprint density at radius 2 is 1.59 bits per heavy atom. The van der Waals surface area contributed by atoms with Gasteiger partial charge < -0.3 is 4.74 Å². The highest BCUT2D eigenvalue weighted by molar-refractivity contribution is 6.31. The van der Waals surface area contributed by atoms with Crippen LogP contribution in [-0.2, 0) is 0 Å². The Morgan fingerprint density at radius 3 is 2.12 bits per heavy atom.